The van der Waals surface area contributed by atoms with Crippen molar-refractivity contribution in [2.45, 2.75) is 19.4 Å². The number of nitrogens with zero attached hydrogens (tertiary/aromatic N) is 3. The van der Waals surface area contributed by atoms with Crippen molar-refractivity contribution < 1.29 is 9.90 Å². The molecule has 0 spiro atoms. The molecule has 25 heavy (non-hydrogen) atoms. The van der Waals surface area contributed by atoms with E-state index in [-0.39, 0.29) is 5.88 Å². The van der Waals surface area contributed by atoms with Gasteiger partial charge in [0.15, 0.2) is 5.69 Å². The summed E-state index contributed by atoms with van der Waals surface area (Å²) < 4.78 is 1.86. The number of rotatable bonds is 4. The summed E-state index contributed by atoms with van der Waals surface area (Å²) in [5.74, 6) is 0.179. The molecule has 1 heterocycles. The molecule has 1 aliphatic carbocycles. The number of aromatic hydroxyl groups is 1. The monoisotopic (exact) mass is 353 g/mol. The Morgan fingerprint density at radius 1 is 1.16 bits per heavy atom. The van der Waals surface area contributed by atoms with Gasteiger partial charge in [-0.3, -0.25) is 4.79 Å². The van der Waals surface area contributed by atoms with E-state index in [1.165, 1.54) is 12.8 Å². The first-order chi connectivity index (χ1) is 12.1. The maximum absolute atomic E-state index is 12.2. The second kappa shape index (κ2) is 6.33. The van der Waals surface area contributed by atoms with Crippen molar-refractivity contribution in [1.82, 2.24) is 4.57 Å². The standard InChI is InChI=1S/C19H16ClN3O2/c20-14-9-7-13(8-10-14)18(24)22-21-17-15-3-1-2-4-16(15)23(19(17)25)11-12-5-6-12/h1-4,7-10,12,25H,5-6,11H2. The minimum absolute atomic E-state index is 0.0563. The second-order valence-corrected chi connectivity index (χ2v) is 6.69. The van der Waals surface area contributed by atoms with Crippen molar-refractivity contribution in [3.05, 3.63) is 59.1 Å². The van der Waals surface area contributed by atoms with Gasteiger partial charge in [0.2, 0.25) is 5.88 Å². The van der Waals surface area contributed by atoms with Gasteiger partial charge in [-0.15, -0.1) is 10.2 Å². The molecule has 0 bridgehead atoms. The molecule has 0 atom stereocenters. The molecule has 6 heteroatoms. The van der Waals surface area contributed by atoms with Gasteiger partial charge in [-0.25, -0.2) is 0 Å². The fourth-order valence-corrected chi connectivity index (χ4v) is 2.99. The molecule has 1 saturated carbocycles. The van der Waals surface area contributed by atoms with E-state index < -0.39 is 5.91 Å². The second-order valence-electron chi connectivity index (χ2n) is 6.26. The third-order valence-corrected chi connectivity index (χ3v) is 4.64. The molecule has 0 unspecified atom stereocenters. The summed E-state index contributed by atoms with van der Waals surface area (Å²) in [5, 5.41) is 19.8. The van der Waals surface area contributed by atoms with E-state index in [2.05, 4.69) is 10.2 Å². The SMILES string of the molecule is O=C(N=Nc1c(O)n(CC2CC2)c2ccccc12)c1ccc(Cl)cc1. The summed E-state index contributed by atoms with van der Waals surface area (Å²) in [5.41, 5.74) is 1.63. The van der Waals surface area contributed by atoms with E-state index in [9.17, 15) is 9.90 Å². The van der Waals surface area contributed by atoms with Gasteiger partial charge in [-0.05, 0) is 49.1 Å². The Morgan fingerprint density at radius 2 is 1.88 bits per heavy atom. The van der Waals surface area contributed by atoms with E-state index in [0.29, 0.717) is 22.2 Å². The predicted molar refractivity (Wildman–Crippen MR) is 96.6 cm³/mol. The van der Waals surface area contributed by atoms with Crippen LogP contribution in [0.5, 0.6) is 5.88 Å². The number of hydrogen-bond donors (Lipinski definition) is 1. The molecule has 4 rings (SSSR count). The van der Waals surface area contributed by atoms with E-state index in [0.717, 1.165) is 17.4 Å². The lowest BCUT2D eigenvalue weighted by Crippen LogP contribution is -1.98. The molecule has 0 aliphatic heterocycles. The minimum Gasteiger partial charge on any atom is -0.493 e. The van der Waals surface area contributed by atoms with Gasteiger partial charge in [0.25, 0.3) is 5.91 Å². The predicted octanol–water partition coefficient (Wildman–Crippen LogP) is 5.33. The third kappa shape index (κ3) is 3.15. The average molecular weight is 354 g/mol. The molecular formula is C19H16ClN3O2. The summed E-state index contributed by atoms with van der Waals surface area (Å²) in [4.78, 5) is 12.2. The molecule has 0 radical (unpaired) electrons. The van der Waals surface area contributed by atoms with Crippen LogP contribution in [-0.4, -0.2) is 15.6 Å². The van der Waals surface area contributed by atoms with Crippen LogP contribution in [0.1, 0.15) is 23.2 Å². The van der Waals surface area contributed by atoms with Crippen LogP contribution in [0.15, 0.2) is 58.8 Å². The Bertz CT molecular complexity index is 972. The molecule has 1 N–H and O–H groups in total. The van der Waals surface area contributed by atoms with Crippen LogP contribution in [0.3, 0.4) is 0 Å². The Kier molecular flexibility index (Phi) is 4.01. The van der Waals surface area contributed by atoms with Gasteiger partial charge in [-0.1, -0.05) is 29.8 Å². The molecule has 0 saturated heterocycles. The number of hydrogen-bond acceptors (Lipinski definition) is 3. The number of halogens is 1. The van der Waals surface area contributed by atoms with Gasteiger partial charge < -0.3 is 9.67 Å². The van der Waals surface area contributed by atoms with Crippen molar-refractivity contribution in [1.29, 1.82) is 0 Å². The van der Waals surface area contributed by atoms with Crippen molar-refractivity contribution in [3.8, 4) is 5.88 Å². The van der Waals surface area contributed by atoms with Crippen LogP contribution >= 0.6 is 11.6 Å². The molecule has 1 amide bonds. The first-order valence-electron chi connectivity index (χ1n) is 8.15. The Labute approximate surface area is 149 Å². The van der Waals surface area contributed by atoms with Crippen LogP contribution in [0.2, 0.25) is 5.02 Å². The van der Waals surface area contributed by atoms with Crippen LogP contribution in [0.4, 0.5) is 5.69 Å². The number of aromatic nitrogens is 1. The van der Waals surface area contributed by atoms with E-state index in [4.69, 9.17) is 11.6 Å². The van der Waals surface area contributed by atoms with Gasteiger partial charge >= 0.3 is 0 Å². The Hall–Kier alpha value is -2.66. The largest absolute Gasteiger partial charge is 0.493 e. The quantitative estimate of drug-likeness (QED) is 0.644. The fraction of sp³-hybridized carbons (Fsp3) is 0.211. The number of benzene rings is 2. The summed E-state index contributed by atoms with van der Waals surface area (Å²) in [6, 6.07) is 14.1. The third-order valence-electron chi connectivity index (χ3n) is 4.39. The van der Waals surface area contributed by atoms with Gasteiger partial charge in [0, 0.05) is 22.5 Å². The first kappa shape index (κ1) is 15.8. The zero-order valence-electron chi connectivity index (χ0n) is 13.4. The maximum atomic E-state index is 12.2. The average Bonchev–Trinajstić information content (AvgIpc) is 3.40. The highest BCUT2D eigenvalue weighted by Gasteiger charge is 2.25. The maximum Gasteiger partial charge on any atom is 0.295 e. The molecular weight excluding hydrogens is 338 g/mol. The zero-order chi connectivity index (χ0) is 17.4. The van der Waals surface area contributed by atoms with Gasteiger partial charge in [0.05, 0.1) is 5.52 Å². The van der Waals surface area contributed by atoms with Crippen molar-refractivity contribution >= 4 is 34.1 Å². The normalized spacial score (nSPS) is 14.4. The van der Waals surface area contributed by atoms with Crippen molar-refractivity contribution in [2.75, 3.05) is 0 Å². The lowest BCUT2D eigenvalue weighted by Gasteiger charge is -2.04. The van der Waals surface area contributed by atoms with Crippen LogP contribution in [0.25, 0.3) is 10.9 Å². The molecule has 2 aromatic carbocycles. The molecule has 3 aromatic rings. The lowest BCUT2D eigenvalue weighted by atomic mass is 10.2. The van der Waals surface area contributed by atoms with Crippen LogP contribution in [-0.2, 0) is 6.54 Å². The Balaban J connectivity index is 1.69. The topological polar surface area (TPSA) is 66.9 Å². The Morgan fingerprint density at radius 3 is 2.60 bits per heavy atom. The molecule has 126 valence electrons. The highest BCUT2D eigenvalue weighted by molar-refractivity contribution is 6.30. The molecule has 1 aromatic heterocycles. The number of amides is 1. The van der Waals surface area contributed by atoms with Crippen molar-refractivity contribution in [3.63, 3.8) is 0 Å². The lowest BCUT2D eigenvalue weighted by molar-refractivity contribution is 0.0995. The van der Waals surface area contributed by atoms with Crippen LogP contribution < -0.4 is 0 Å². The first-order valence-corrected chi connectivity index (χ1v) is 8.53. The molecule has 1 fully saturated rings. The van der Waals surface area contributed by atoms with Gasteiger partial charge in [-0.2, -0.15) is 0 Å². The number of carbonyl (C=O) groups excluding carboxylic acids is 1. The number of para-hydroxylation sites is 1. The highest BCUT2D eigenvalue weighted by Crippen LogP contribution is 2.41. The summed E-state index contributed by atoms with van der Waals surface area (Å²) in [7, 11) is 0. The minimum atomic E-state index is -0.477. The number of carbonyl (C=O) groups is 1. The molecule has 5 nitrogen and oxygen atoms in total. The van der Waals surface area contributed by atoms with Crippen LogP contribution in [0, 0.1) is 5.92 Å². The highest BCUT2D eigenvalue weighted by atomic mass is 35.5. The summed E-state index contributed by atoms with van der Waals surface area (Å²) in [6.45, 7) is 0.757. The number of azo groups is 1. The van der Waals surface area contributed by atoms with Gasteiger partial charge in [0.1, 0.15) is 0 Å². The van der Waals surface area contributed by atoms with E-state index >= 15 is 0 Å². The molecule has 1 aliphatic rings. The summed E-state index contributed by atoms with van der Waals surface area (Å²) >= 11 is 5.82. The zero-order valence-corrected chi connectivity index (χ0v) is 14.1. The van der Waals surface area contributed by atoms with Crippen molar-refractivity contribution in [2.24, 2.45) is 16.1 Å². The summed E-state index contributed by atoms with van der Waals surface area (Å²) in [6.07, 6.45) is 2.36. The smallest absolute Gasteiger partial charge is 0.295 e. The number of fused-ring (bicyclic) bond motifs is 1. The van der Waals surface area contributed by atoms with E-state index in [1.807, 2.05) is 28.8 Å². The fourth-order valence-electron chi connectivity index (χ4n) is 2.86. The van der Waals surface area contributed by atoms with E-state index in [1.54, 1.807) is 24.3 Å².